The van der Waals surface area contributed by atoms with Gasteiger partial charge in [-0.25, -0.2) is 4.79 Å². The van der Waals surface area contributed by atoms with E-state index in [2.05, 4.69) is 15.9 Å². The minimum absolute atomic E-state index is 0.166. The summed E-state index contributed by atoms with van der Waals surface area (Å²) in [5, 5.41) is 9.57. The molecule has 3 rings (SSSR count). The Morgan fingerprint density at radius 1 is 1.50 bits per heavy atom. The molecule has 2 heterocycles. The van der Waals surface area contributed by atoms with Gasteiger partial charge in [0.2, 0.25) is 5.43 Å². The van der Waals surface area contributed by atoms with Crippen molar-refractivity contribution in [1.29, 1.82) is 0 Å². The van der Waals surface area contributed by atoms with Gasteiger partial charge in [-0.2, -0.15) is 0 Å². The molecule has 0 spiro atoms. The fourth-order valence-electron chi connectivity index (χ4n) is 2.61. The van der Waals surface area contributed by atoms with Crippen LogP contribution >= 0.6 is 15.9 Å². The molecular formula is C13H10BrNO3. The molecule has 0 bridgehead atoms. The number of carboxylic acids is 1. The molecule has 2 aromatic rings. The van der Waals surface area contributed by atoms with E-state index in [1.54, 1.807) is 6.07 Å². The van der Waals surface area contributed by atoms with Gasteiger partial charge in [-0.1, -0.05) is 15.9 Å². The Balaban J connectivity index is 2.54. The lowest BCUT2D eigenvalue weighted by Crippen LogP contribution is -2.18. The number of aromatic nitrogens is 1. The zero-order chi connectivity index (χ0) is 13.0. The Morgan fingerprint density at radius 3 is 2.89 bits per heavy atom. The average molecular weight is 308 g/mol. The normalized spacial score (nSPS) is 17.3. The van der Waals surface area contributed by atoms with E-state index in [0.29, 0.717) is 5.39 Å². The first-order valence-corrected chi connectivity index (χ1v) is 6.39. The first-order chi connectivity index (χ1) is 8.49. The monoisotopic (exact) mass is 307 g/mol. The molecule has 0 aliphatic carbocycles. The highest BCUT2D eigenvalue weighted by Gasteiger charge is 2.24. The molecule has 0 saturated carbocycles. The van der Waals surface area contributed by atoms with E-state index in [4.69, 9.17) is 5.11 Å². The van der Waals surface area contributed by atoms with Crippen molar-refractivity contribution >= 4 is 32.8 Å². The van der Waals surface area contributed by atoms with E-state index in [0.717, 1.165) is 22.0 Å². The Bertz CT molecular complexity index is 748. The minimum Gasteiger partial charge on any atom is -0.477 e. The summed E-state index contributed by atoms with van der Waals surface area (Å²) < 4.78 is 2.70. The van der Waals surface area contributed by atoms with Crippen molar-refractivity contribution in [3.63, 3.8) is 0 Å². The molecule has 4 nitrogen and oxygen atoms in total. The second-order valence-electron chi connectivity index (χ2n) is 4.60. The second kappa shape index (κ2) is 3.68. The van der Waals surface area contributed by atoms with Crippen molar-refractivity contribution in [2.45, 2.75) is 19.4 Å². The molecule has 0 amide bonds. The highest BCUT2D eigenvalue weighted by Crippen LogP contribution is 2.33. The number of pyridine rings is 1. The molecule has 5 heteroatoms. The van der Waals surface area contributed by atoms with Crippen molar-refractivity contribution in [3.8, 4) is 0 Å². The molecule has 0 radical (unpaired) electrons. The smallest absolute Gasteiger partial charge is 0.341 e. The number of benzene rings is 1. The summed E-state index contributed by atoms with van der Waals surface area (Å²) in [4.78, 5) is 23.3. The molecule has 0 unspecified atom stereocenters. The molecule has 1 aromatic carbocycles. The van der Waals surface area contributed by atoms with Gasteiger partial charge in [0.15, 0.2) is 0 Å². The van der Waals surface area contributed by atoms with Gasteiger partial charge in [-0.15, -0.1) is 0 Å². The first kappa shape index (κ1) is 11.5. The Kier molecular flexibility index (Phi) is 2.35. The summed E-state index contributed by atoms with van der Waals surface area (Å²) in [6.07, 6.45) is 2.28. The van der Waals surface area contributed by atoms with E-state index >= 15 is 0 Å². The third kappa shape index (κ3) is 1.43. The Hall–Kier alpha value is -1.62. The van der Waals surface area contributed by atoms with Gasteiger partial charge in [-0.3, -0.25) is 4.79 Å². The van der Waals surface area contributed by atoms with Crippen molar-refractivity contribution in [2.24, 2.45) is 0 Å². The molecule has 1 aliphatic heterocycles. The summed E-state index contributed by atoms with van der Waals surface area (Å²) in [6.45, 7) is 2.02. The highest BCUT2D eigenvalue weighted by molar-refractivity contribution is 9.10. The van der Waals surface area contributed by atoms with Crippen molar-refractivity contribution in [2.75, 3.05) is 0 Å². The number of hydrogen-bond acceptors (Lipinski definition) is 2. The van der Waals surface area contributed by atoms with Gasteiger partial charge in [-0.05, 0) is 31.0 Å². The number of aromatic carboxylic acids is 1. The maximum atomic E-state index is 12.1. The molecule has 1 N–H and O–H groups in total. The lowest BCUT2D eigenvalue weighted by Gasteiger charge is -2.10. The van der Waals surface area contributed by atoms with Crippen LogP contribution in [0.15, 0.2) is 27.6 Å². The molecular weight excluding hydrogens is 298 g/mol. The first-order valence-electron chi connectivity index (χ1n) is 5.59. The Labute approximate surface area is 111 Å². The van der Waals surface area contributed by atoms with E-state index in [9.17, 15) is 9.59 Å². The van der Waals surface area contributed by atoms with E-state index < -0.39 is 11.4 Å². The van der Waals surface area contributed by atoms with Crippen LogP contribution in [0.1, 0.15) is 28.9 Å². The molecule has 0 saturated heterocycles. The van der Waals surface area contributed by atoms with Crippen molar-refractivity contribution in [1.82, 2.24) is 4.57 Å². The van der Waals surface area contributed by atoms with Crippen LogP contribution in [-0.2, 0) is 6.42 Å². The van der Waals surface area contributed by atoms with Gasteiger partial charge in [0.1, 0.15) is 5.56 Å². The standard InChI is InChI=1S/C13H10BrNO3/c1-6-2-7-3-8(14)4-9-11(7)15(6)5-10(12(9)16)13(17)18/h3-6H,2H2,1H3,(H,17,18)/t6-/m0/s1. The summed E-state index contributed by atoms with van der Waals surface area (Å²) in [5.41, 5.74) is 1.37. The van der Waals surface area contributed by atoms with Gasteiger partial charge in [0, 0.05) is 22.1 Å². The van der Waals surface area contributed by atoms with Gasteiger partial charge >= 0.3 is 5.97 Å². The fraction of sp³-hybridized carbons (Fsp3) is 0.231. The summed E-state index contributed by atoms with van der Waals surface area (Å²) in [7, 11) is 0. The fourth-order valence-corrected chi connectivity index (χ4v) is 3.12. The van der Waals surface area contributed by atoms with Gasteiger partial charge < -0.3 is 9.67 Å². The van der Waals surface area contributed by atoms with E-state index in [1.165, 1.54) is 6.20 Å². The summed E-state index contributed by atoms with van der Waals surface area (Å²) in [5.74, 6) is -1.17. The van der Waals surface area contributed by atoms with E-state index in [-0.39, 0.29) is 11.6 Å². The van der Waals surface area contributed by atoms with Crippen LogP contribution in [0.5, 0.6) is 0 Å². The number of rotatable bonds is 1. The molecule has 18 heavy (non-hydrogen) atoms. The summed E-state index contributed by atoms with van der Waals surface area (Å²) in [6, 6.07) is 3.86. The Morgan fingerprint density at radius 2 is 2.22 bits per heavy atom. The van der Waals surface area contributed by atoms with Gasteiger partial charge in [0.25, 0.3) is 0 Å². The van der Waals surface area contributed by atoms with Gasteiger partial charge in [0.05, 0.1) is 5.52 Å². The molecule has 1 aromatic heterocycles. The van der Waals surface area contributed by atoms with Crippen LogP contribution in [0, 0.1) is 0 Å². The third-order valence-electron chi connectivity index (χ3n) is 3.39. The predicted octanol–water partition coefficient (Wildman–Crippen LogP) is 2.58. The number of carbonyl (C=O) groups is 1. The zero-order valence-corrected chi connectivity index (χ0v) is 11.2. The highest BCUT2D eigenvalue weighted by atomic mass is 79.9. The minimum atomic E-state index is -1.17. The number of nitrogens with zero attached hydrogens (tertiary/aromatic N) is 1. The number of carboxylic acid groups (broad SMARTS) is 1. The van der Waals surface area contributed by atoms with Crippen LogP contribution in [-0.4, -0.2) is 15.6 Å². The molecule has 0 fully saturated rings. The van der Waals surface area contributed by atoms with Crippen LogP contribution < -0.4 is 5.43 Å². The van der Waals surface area contributed by atoms with Crippen LogP contribution in [0.2, 0.25) is 0 Å². The molecule has 1 atom stereocenters. The maximum Gasteiger partial charge on any atom is 0.341 e. The largest absolute Gasteiger partial charge is 0.477 e. The molecule has 1 aliphatic rings. The van der Waals surface area contributed by atoms with Crippen LogP contribution in [0.3, 0.4) is 0 Å². The third-order valence-corrected chi connectivity index (χ3v) is 3.85. The zero-order valence-electron chi connectivity index (χ0n) is 9.61. The topological polar surface area (TPSA) is 59.3 Å². The lowest BCUT2D eigenvalue weighted by atomic mass is 10.1. The van der Waals surface area contributed by atoms with E-state index in [1.807, 2.05) is 17.6 Å². The van der Waals surface area contributed by atoms with Crippen molar-refractivity contribution in [3.05, 3.63) is 44.2 Å². The van der Waals surface area contributed by atoms with Crippen LogP contribution in [0.25, 0.3) is 10.9 Å². The average Bonchev–Trinajstić information content (AvgIpc) is 2.59. The summed E-state index contributed by atoms with van der Waals surface area (Å²) >= 11 is 3.37. The maximum absolute atomic E-state index is 12.1. The SMILES string of the molecule is C[C@H]1Cc2cc(Br)cc3c(=O)c(C(=O)O)cn1c23. The second-order valence-corrected chi connectivity index (χ2v) is 5.51. The van der Waals surface area contributed by atoms with Crippen LogP contribution in [0.4, 0.5) is 0 Å². The quantitative estimate of drug-likeness (QED) is 0.881. The van der Waals surface area contributed by atoms with Crippen molar-refractivity contribution < 1.29 is 9.90 Å². The number of halogens is 1. The lowest BCUT2D eigenvalue weighted by molar-refractivity contribution is 0.0695. The molecule has 92 valence electrons. The predicted molar refractivity (Wildman–Crippen MR) is 71.3 cm³/mol. The number of hydrogen-bond donors (Lipinski definition) is 1.